The summed E-state index contributed by atoms with van der Waals surface area (Å²) in [6, 6.07) is 3.85. The van der Waals surface area contributed by atoms with Crippen molar-refractivity contribution in [2.24, 2.45) is 0 Å². The van der Waals surface area contributed by atoms with Crippen LogP contribution in [0.5, 0.6) is 0 Å². The molecular weight excluding hydrogens is 279 g/mol. The largest absolute Gasteiger partial charge is 0.496 e. The molecule has 22 heavy (non-hydrogen) atoms. The second-order valence-corrected chi connectivity index (χ2v) is 7.08. The Morgan fingerprint density at radius 3 is 2.32 bits per heavy atom. The van der Waals surface area contributed by atoms with Gasteiger partial charge in [0.1, 0.15) is 5.82 Å². The van der Waals surface area contributed by atoms with Crippen LogP contribution in [0.15, 0.2) is 12.1 Å². The van der Waals surface area contributed by atoms with Crippen LogP contribution in [-0.2, 0) is 14.1 Å². The molecular formula is C16H23BN2O3. The first-order valence-electron chi connectivity index (χ1n) is 7.85. The SMILES string of the molecule is Cc1nc(N2CCCC2=O)ccc1B1OC(C)(C)C(C)(C)O1. The molecule has 0 spiro atoms. The van der Waals surface area contributed by atoms with E-state index < -0.39 is 7.12 Å². The van der Waals surface area contributed by atoms with Gasteiger partial charge in [0.25, 0.3) is 0 Å². The molecule has 0 aliphatic carbocycles. The number of aryl methyl sites for hydroxylation is 1. The van der Waals surface area contributed by atoms with Gasteiger partial charge in [-0.05, 0) is 47.1 Å². The highest BCUT2D eigenvalue weighted by atomic mass is 16.7. The van der Waals surface area contributed by atoms with Crippen molar-refractivity contribution in [1.29, 1.82) is 0 Å². The van der Waals surface area contributed by atoms with Crippen molar-refractivity contribution in [3.05, 3.63) is 17.8 Å². The van der Waals surface area contributed by atoms with Crippen LogP contribution >= 0.6 is 0 Å². The Morgan fingerprint density at radius 1 is 1.18 bits per heavy atom. The quantitative estimate of drug-likeness (QED) is 0.782. The van der Waals surface area contributed by atoms with E-state index >= 15 is 0 Å². The molecule has 0 radical (unpaired) electrons. The summed E-state index contributed by atoms with van der Waals surface area (Å²) < 4.78 is 12.1. The fourth-order valence-electron chi connectivity index (χ4n) is 2.82. The fourth-order valence-corrected chi connectivity index (χ4v) is 2.82. The third kappa shape index (κ3) is 2.44. The van der Waals surface area contributed by atoms with Crippen molar-refractivity contribution >= 4 is 24.3 Å². The second-order valence-electron chi connectivity index (χ2n) is 7.08. The highest BCUT2D eigenvalue weighted by Gasteiger charge is 2.52. The molecule has 2 saturated heterocycles. The summed E-state index contributed by atoms with van der Waals surface area (Å²) in [5.74, 6) is 0.871. The van der Waals surface area contributed by atoms with Crippen molar-refractivity contribution < 1.29 is 14.1 Å². The summed E-state index contributed by atoms with van der Waals surface area (Å²) in [4.78, 5) is 18.2. The van der Waals surface area contributed by atoms with E-state index in [-0.39, 0.29) is 17.1 Å². The Kier molecular flexibility index (Phi) is 3.57. The molecule has 3 heterocycles. The van der Waals surface area contributed by atoms with Crippen LogP contribution in [-0.4, -0.2) is 35.8 Å². The van der Waals surface area contributed by atoms with E-state index in [0.29, 0.717) is 6.42 Å². The number of carbonyl (C=O) groups is 1. The lowest BCUT2D eigenvalue weighted by Gasteiger charge is -2.32. The Morgan fingerprint density at radius 2 is 1.82 bits per heavy atom. The number of hydrogen-bond donors (Lipinski definition) is 0. The zero-order valence-electron chi connectivity index (χ0n) is 14.0. The van der Waals surface area contributed by atoms with Crippen molar-refractivity contribution in [2.75, 3.05) is 11.4 Å². The van der Waals surface area contributed by atoms with E-state index in [0.717, 1.165) is 29.9 Å². The van der Waals surface area contributed by atoms with Crippen LogP contribution < -0.4 is 10.4 Å². The molecule has 2 aliphatic rings. The maximum Gasteiger partial charge on any atom is 0.496 e. The van der Waals surface area contributed by atoms with E-state index in [2.05, 4.69) is 4.98 Å². The minimum Gasteiger partial charge on any atom is -0.399 e. The number of rotatable bonds is 2. The zero-order valence-corrected chi connectivity index (χ0v) is 14.0. The molecule has 0 unspecified atom stereocenters. The van der Waals surface area contributed by atoms with Gasteiger partial charge >= 0.3 is 7.12 Å². The van der Waals surface area contributed by atoms with Gasteiger partial charge in [-0.1, -0.05) is 6.07 Å². The number of nitrogens with zero attached hydrogens (tertiary/aromatic N) is 2. The van der Waals surface area contributed by atoms with Crippen molar-refractivity contribution in [1.82, 2.24) is 4.98 Å². The lowest BCUT2D eigenvalue weighted by Crippen LogP contribution is -2.41. The molecule has 5 nitrogen and oxygen atoms in total. The van der Waals surface area contributed by atoms with Crippen LogP contribution in [0.4, 0.5) is 5.82 Å². The minimum atomic E-state index is -0.416. The average Bonchev–Trinajstić information content (AvgIpc) is 2.91. The standard InChI is InChI=1S/C16H23BN2O3/c1-11-12(17-21-15(2,3)16(4,5)22-17)8-9-13(18-11)19-10-6-7-14(19)20/h8-9H,6-7,10H2,1-5H3. The Labute approximate surface area is 132 Å². The van der Waals surface area contributed by atoms with Crippen LogP contribution in [0.3, 0.4) is 0 Å². The molecule has 0 N–H and O–H groups in total. The van der Waals surface area contributed by atoms with E-state index in [4.69, 9.17) is 9.31 Å². The van der Waals surface area contributed by atoms with E-state index in [1.807, 2.05) is 46.8 Å². The lowest BCUT2D eigenvalue weighted by atomic mass is 9.78. The molecule has 0 atom stereocenters. The third-order valence-corrected chi connectivity index (χ3v) is 4.97. The first-order chi connectivity index (χ1) is 10.2. The second kappa shape index (κ2) is 5.06. The van der Waals surface area contributed by atoms with E-state index in [1.165, 1.54) is 0 Å². The highest BCUT2D eigenvalue weighted by Crippen LogP contribution is 2.36. The molecule has 3 rings (SSSR count). The molecule has 6 heteroatoms. The number of carbonyl (C=O) groups excluding carboxylic acids is 1. The van der Waals surface area contributed by atoms with Crippen LogP contribution in [0.2, 0.25) is 0 Å². The first kappa shape index (κ1) is 15.5. The smallest absolute Gasteiger partial charge is 0.399 e. The van der Waals surface area contributed by atoms with Gasteiger partial charge in [-0.15, -0.1) is 0 Å². The van der Waals surface area contributed by atoms with Gasteiger partial charge < -0.3 is 9.31 Å². The molecule has 0 aromatic carbocycles. The van der Waals surface area contributed by atoms with Crippen LogP contribution in [0, 0.1) is 6.92 Å². The number of aromatic nitrogens is 1. The summed E-state index contributed by atoms with van der Waals surface area (Å²) in [6.07, 6.45) is 1.51. The van der Waals surface area contributed by atoms with Gasteiger partial charge in [0, 0.05) is 24.1 Å². The minimum absolute atomic E-state index is 0.148. The zero-order chi connectivity index (χ0) is 16.1. The molecule has 2 aliphatic heterocycles. The maximum absolute atomic E-state index is 11.8. The first-order valence-corrected chi connectivity index (χ1v) is 7.85. The lowest BCUT2D eigenvalue weighted by molar-refractivity contribution is -0.117. The van der Waals surface area contributed by atoms with Crippen molar-refractivity contribution in [3.8, 4) is 0 Å². The summed E-state index contributed by atoms with van der Waals surface area (Å²) in [5, 5.41) is 0. The fraction of sp³-hybridized carbons (Fsp3) is 0.625. The van der Waals surface area contributed by atoms with Crippen LogP contribution in [0.25, 0.3) is 0 Å². The predicted octanol–water partition coefficient (Wildman–Crippen LogP) is 1.82. The Bertz CT molecular complexity index is 599. The normalized spacial score (nSPS) is 23.4. The van der Waals surface area contributed by atoms with Crippen molar-refractivity contribution in [2.45, 2.75) is 58.7 Å². The molecule has 118 valence electrons. The Hall–Kier alpha value is -1.40. The van der Waals surface area contributed by atoms with Gasteiger partial charge in [0.15, 0.2) is 0 Å². The molecule has 1 aromatic rings. The third-order valence-electron chi connectivity index (χ3n) is 4.97. The summed E-state index contributed by atoms with van der Waals surface area (Å²) in [7, 11) is -0.416. The average molecular weight is 302 g/mol. The maximum atomic E-state index is 11.8. The summed E-state index contributed by atoms with van der Waals surface area (Å²) in [5.41, 5.74) is 1.03. The monoisotopic (exact) mass is 302 g/mol. The molecule has 0 saturated carbocycles. The van der Waals surface area contributed by atoms with E-state index in [1.54, 1.807) is 4.90 Å². The number of amides is 1. The Balaban J connectivity index is 1.86. The van der Waals surface area contributed by atoms with Gasteiger partial charge in [0.05, 0.1) is 11.2 Å². The molecule has 1 amide bonds. The molecule has 2 fully saturated rings. The predicted molar refractivity (Wildman–Crippen MR) is 86.3 cm³/mol. The number of anilines is 1. The van der Waals surface area contributed by atoms with Gasteiger partial charge in [-0.3, -0.25) is 9.69 Å². The summed E-state index contributed by atoms with van der Waals surface area (Å²) >= 11 is 0. The molecule has 1 aromatic heterocycles. The van der Waals surface area contributed by atoms with Crippen molar-refractivity contribution in [3.63, 3.8) is 0 Å². The van der Waals surface area contributed by atoms with Crippen LogP contribution in [0.1, 0.15) is 46.2 Å². The topological polar surface area (TPSA) is 51.7 Å². The molecule has 0 bridgehead atoms. The highest BCUT2D eigenvalue weighted by molar-refractivity contribution is 6.62. The summed E-state index contributed by atoms with van der Waals surface area (Å²) in [6.45, 7) is 10.8. The number of pyridine rings is 1. The van der Waals surface area contributed by atoms with Gasteiger partial charge in [0.2, 0.25) is 5.91 Å². The van der Waals surface area contributed by atoms with E-state index in [9.17, 15) is 4.79 Å². The van der Waals surface area contributed by atoms with Gasteiger partial charge in [-0.2, -0.15) is 0 Å². The number of hydrogen-bond acceptors (Lipinski definition) is 4. The van der Waals surface area contributed by atoms with Gasteiger partial charge in [-0.25, -0.2) is 4.98 Å².